The lowest BCUT2D eigenvalue weighted by Gasteiger charge is -2.33. The fraction of sp³-hybridized carbons (Fsp3) is 0.444. The lowest BCUT2D eigenvalue weighted by Crippen LogP contribution is -2.48. The Labute approximate surface area is 160 Å². The van der Waals surface area contributed by atoms with Crippen molar-refractivity contribution < 1.29 is 18.1 Å². The molecule has 1 fully saturated rings. The minimum atomic E-state index is -2.52. The van der Waals surface area contributed by atoms with E-state index in [0.717, 1.165) is 44.2 Å². The lowest BCUT2D eigenvalue weighted by molar-refractivity contribution is -0.117. The summed E-state index contributed by atoms with van der Waals surface area (Å²) in [6.07, 6.45) is 0. The summed E-state index contributed by atoms with van der Waals surface area (Å²) in [5, 5.41) is 6.75. The van der Waals surface area contributed by atoms with Gasteiger partial charge in [0.1, 0.15) is 5.76 Å². The van der Waals surface area contributed by atoms with Crippen LogP contribution in [-0.2, 0) is 11.3 Å². The van der Waals surface area contributed by atoms with Crippen LogP contribution in [0.1, 0.15) is 11.5 Å². The second kappa shape index (κ2) is 9.29. The maximum absolute atomic E-state index is 12.6. The van der Waals surface area contributed by atoms with Gasteiger partial charge in [0.25, 0.3) is 5.76 Å². The van der Waals surface area contributed by atoms with E-state index in [1.165, 1.54) is 0 Å². The number of anilines is 1. The Hall–Kier alpha value is -1.97. The molecule has 1 aliphatic heterocycles. The van der Waals surface area contributed by atoms with Crippen molar-refractivity contribution in [2.24, 2.45) is 0 Å². The number of nitrogens with one attached hydrogen (secondary N) is 1. The van der Waals surface area contributed by atoms with Crippen LogP contribution >= 0.6 is 11.8 Å². The summed E-state index contributed by atoms with van der Waals surface area (Å²) in [5.74, 6) is -1.92. The van der Waals surface area contributed by atoms with E-state index in [9.17, 15) is 13.6 Å². The molecule has 6 nitrogen and oxygen atoms in total. The molecule has 0 unspecified atom stereocenters. The minimum Gasteiger partial charge on any atom is -0.361 e. The monoisotopic (exact) mass is 396 g/mol. The number of nitrogens with zero attached hydrogens (tertiary/aromatic N) is 3. The fourth-order valence-corrected chi connectivity index (χ4v) is 3.58. The predicted molar refractivity (Wildman–Crippen MR) is 99.9 cm³/mol. The summed E-state index contributed by atoms with van der Waals surface area (Å²) in [6.45, 7) is 6.02. The Morgan fingerprint density at radius 1 is 1.26 bits per heavy atom. The number of thioether (sulfide) groups is 1. The maximum atomic E-state index is 12.6. The topological polar surface area (TPSA) is 61.6 Å². The molecule has 146 valence electrons. The number of alkyl halides is 2. The summed E-state index contributed by atoms with van der Waals surface area (Å²) in [4.78, 5) is 17.0. The van der Waals surface area contributed by atoms with Crippen LogP contribution in [-0.4, -0.2) is 59.3 Å². The predicted octanol–water partition coefficient (Wildman–Crippen LogP) is 3.05. The number of piperazine rings is 1. The van der Waals surface area contributed by atoms with Crippen LogP contribution in [0.25, 0.3) is 0 Å². The number of amides is 1. The molecule has 0 aliphatic carbocycles. The highest BCUT2D eigenvalue weighted by Gasteiger charge is 2.20. The Morgan fingerprint density at radius 2 is 1.96 bits per heavy atom. The highest BCUT2D eigenvalue weighted by molar-refractivity contribution is 7.99. The molecule has 1 aliphatic rings. The van der Waals surface area contributed by atoms with Gasteiger partial charge in [0.2, 0.25) is 5.91 Å². The van der Waals surface area contributed by atoms with Crippen molar-refractivity contribution in [2.75, 3.05) is 38.0 Å². The fourth-order valence-electron chi connectivity index (χ4n) is 2.99. The number of aromatic nitrogens is 1. The summed E-state index contributed by atoms with van der Waals surface area (Å²) in [5.41, 5.74) is 1.33. The normalized spacial score (nSPS) is 16.0. The van der Waals surface area contributed by atoms with E-state index in [1.807, 2.05) is 13.0 Å². The van der Waals surface area contributed by atoms with Crippen molar-refractivity contribution in [3.05, 3.63) is 41.8 Å². The number of carbonyl (C=O) groups excluding carboxylic acids is 1. The van der Waals surface area contributed by atoms with Gasteiger partial charge in [-0.1, -0.05) is 29.1 Å². The van der Waals surface area contributed by atoms with Gasteiger partial charge in [-0.2, -0.15) is 8.78 Å². The zero-order valence-electron chi connectivity index (χ0n) is 15.0. The first-order chi connectivity index (χ1) is 13.0. The molecule has 0 atom stereocenters. The third-order valence-electron chi connectivity index (χ3n) is 4.27. The quantitative estimate of drug-likeness (QED) is 0.726. The Morgan fingerprint density at radius 3 is 2.63 bits per heavy atom. The van der Waals surface area contributed by atoms with Crippen LogP contribution in [0.4, 0.5) is 14.5 Å². The van der Waals surface area contributed by atoms with E-state index in [4.69, 9.17) is 4.52 Å². The molecule has 1 aromatic heterocycles. The molecule has 9 heteroatoms. The summed E-state index contributed by atoms with van der Waals surface area (Å²) >= 11 is 0.434. The number of aryl methyl sites for hydroxylation is 1. The third-order valence-corrected chi connectivity index (χ3v) is 5.06. The van der Waals surface area contributed by atoms with Gasteiger partial charge in [0.05, 0.1) is 17.9 Å². The maximum Gasteiger partial charge on any atom is 0.288 e. The first kappa shape index (κ1) is 19.8. The molecule has 27 heavy (non-hydrogen) atoms. The zero-order valence-corrected chi connectivity index (χ0v) is 15.8. The highest BCUT2D eigenvalue weighted by atomic mass is 32.2. The van der Waals surface area contributed by atoms with Gasteiger partial charge in [-0.25, -0.2) is 0 Å². The molecule has 1 aromatic carbocycles. The van der Waals surface area contributed by atoms with Gasteiger partial charge in [-0.3, -0.25) is 14.6 Å². The van der Waals surface area contributed by atoms with Crippen LogP contribution in [0, 0.1) is 6.92 Å². The second-order valence-corrected chi connectivity index (χ2v) is 7.44. The molecule has 2 heterocycles. The average molecular weight is 396 g/mol. The Bertz CT molecular complexity index is 763. The van der Waals surface area contributed by atoms with E-state index in [1.54, 1.807) is 24.3 Å². The molecule has 2 aromatic rings. The van der Waals surface area contributed by atoms with Crippen LogP contribution in [0.2, 0.25) is 0 Å². The second-order valence-electron chi connectivity index (χ2n) is 6.40. The van der Waals surface area contributed by atoms with Crippen LogP contribution < -0.4 is 5.32 Å². The standard InChI is InChI=1S/C18H22F2N4O2S/c1-13-10-14(22-26-13)11-23-6-8-24(9-7-23)12-17(25)21-15-4-2-3-5-16(15)27-18(19)20/h2-5,10,18H,6-9,11-12H2,1H3,(H,21,25). The van der Waals surface area contributed by atoms with Gasteiger partial charge >= 0.3 is 0 Å². The van der Waals surface area contributed by atoms with Crippen molar-refractivity contribution in [1.82, 2.24) is 15.0 Å². The molecule has 1 amide bonds. The highest BCUT2D eigenvalue weighted by Crippen LogP contribution is 2.31. The minimum absolute atomic E-state index is 0.196. The Kier molecular flexibility index (Phi) is 6.81. The van der Waals surface area contributed by atoms with Crippen molar-refractivity contribution in [1.29, 1.82) is 0 Å². The van der Waals surface area contributed by atoms with Gasteiger partial charge in [0, 0.05) is 43.7 Å². The molecule has 0 bridgehead atoms. The molecule has 0 saturated carbocycles. The van der Waals surface area contributed by atoms with Gasteiger partial charge in [-0.15, -0.1) is 0 Å². The van der Waals surface area contributed by atoms with E-state index in [0.29, 0.717) is 22.3 Å². The molecule has 1 N–H and O–H groups in total. The molecular formula is C18H22F2N4O2S. The zero-order chi connectivity index (χ0) is 19.2. The number of hydrogen-bond acceptors (Lipinski definition) is 6. The van der Waals surface area contributed by atoms with E-state index >= 15 is 0 Å². The van der Waals surface area contributed by atoms with Crippen molar-refractivity contribution in [3.8, 4) is 0 Å². The number of hydrogen-bond donors (Lipinski definition) is 1. The van der Waals surface area contributed by atoms with E-state index in [-0.39, 0.29) is 12.5 Å². The first-order valence-corrected chi connectivity index (χ1v) is 9.58. The largest absolute Gasteiger partial charge is 0.361 e. The smallest absolute Gasteiger partial charge is 0.288 e. The van der Waals surface area contributed by atoms with Crippen LogP contribution in [0.5, 0.6) is 0 Å². The summed E-state index contributed by atoms with van der Waals surface area (Å²) < 4.78 is 30.3. The number of benzene rings is 1. The van der Waals surface area contributed by atoms with Gasteiger partial charge in [-0.05, 0) is 19.1 Å². The number of rotatable bonds is 7. The molecular weight excluding hydrogens is 374 g/mol. The van der Waals surface area contributed by atoms with Gasteiger partial charge in [0.15, 0.2) is 0 Å². The molecule has 1 saturated heterocycles. The Balaban J connectivity index is 1.46. The SMILES string of the molecule is Cc1cc(CN2CCN(CC(=O)Nc3ccccc3SC(F)F)CC2)no1. The first-order valence-electron chi connectivity index (χ1n) is 8.70. The van der Waals surface area contributed by atoms with E-state index < -0.39 is 5.76 Å². The van der Waals surface area contributed by atoms with Crippen molar-refractivity contribution in [3.63, 3.8) is 0 Å². The molecule has 0 radical (unpaired) electrons. The van der Waals surface area contributed by atoms with Crippen molar-refractivity contribution >= 4 is 23.4 Å². The van der Waals surface area contributed by atoms with E-state index in [2.05, 4.69) is 20.3 Å². The molecule has 3 rings (SSSR count). The molecule has 0 spiro atoms. The van der Waals surface area contributed by atoms with Crippen LogP contribution in [0.15, 0.2) is 39.8 Å². The summed E-state index contributed by atoms with van der Waals surface area (Å²) in [6, 6.07) is 8.54. The average Bonchev–Trinajstić information content (AvgIpc) is 3.03. The number of para-hydroxylation sites is 1. The summed E-state index contributed by atoms with van der Waals surface area (Å²) in [7, 11) is 0. The number of halogens is 2. The third kappa shape index (κ3) is 6.02. The number of carbonyl (C=O) groups is 1. The van der Waals surface area contributed by atoms with Crippen LogP contribution in [0.3, 0.4) is 0 Å². The van der Waals surface area contributed by atoms with Crippen molar-refractivity contribution in [2.45, 2.75) is 24.1 Å². The van der Waals surface area contributed by atoms with Gasteiger partial charge < -0.3 is 9.84 Å². The lowest BCUT2D eigenvalue weighted by atomic mass is 10.2.